The standard InChI is InChI=1S/C28H27N3O3/c1-17-8-11-20(12-9-17)29-24-15-19(3)31(25-13-10-18(2)14-23(24)25)26(32)16-30-27(33)21-6-4-5-7-22(21)28(30)34/h4-14,19,24,29H,15-16H2,1-3H3/t19-,24-/m1/s1. The van der Waals surface area contributed by atoms with E-state index in [0.717, 1.165) is 27.4 Å². The summed E-state index contributed by atoms with van der Waals surface area (Å²) in [5.74, 6) is -1.09. The molecule has 0 unspecified atom stereocenters. The topological polar surface area (TPSA) is 69.7 Å². The molecule has 1 N–H and O–H groups in total. The van der Waals surface area contributed by atoms with Crippen molar-refractivity contribution < 1.29 is 14.4 Å². The van der Waals surface area contributed by atoms with E-state index in [-0.39, 0.29) is 24.5 Å². The third kappa shape index (κ3) is 3.75. The molecule has 5 rings (SSSR count). The number of hydrogen-bond donors (Lipinski definition) is 1. The van der Waals surface area contributed by atoms with Gasteiger partial charge in [0, 0.05) is 17.4 Å². The molecule has 34 heavy (non-hydrogen) atoms. The maximum atomic E-state index is 13.5. The molecule has 6 nitrogen and oxygen atoms in total. The van der Waals surface area contributed by atoms with Crippen LogP contribution >= 0.6 is 0 Å². The number of carbonyl (C=O) groups is 3. The highest BCUT2D eigenvalue weighted by molar-refractivity contribution is 6.22. The Morgan fingerprint density at radius 1 is 0.912 bits per heavy atom. The number of amides is 3. The molecule has 3 aromatic rings. The van der Waals surface area contributed by atoms with Gasteiger partial charge >= 0.3 is 0 Å². The highest BCUT2D eigenvalue weighted by Crippen LogP contribution is 2.40. The first-order valence-corrected chi connectivity index (χ1v) is 11.5. The molecular weight excluding hydrogens is 426 g/mol. The van der Waals surface area contributed by atoms with Crippen LogP contribution in [0.25, 0.3) is 0 Å². The molecule has 6 heteroatoms. The zero-order valence-corrected chi connectivity index (χ0v) is 19.5. The summed E-state index contributed by atoms with van der Waals surface area (Å²) in [6, 6.07) is 21.0. The van der Waals surface area contributed by atoms with Crippen LogP contribution in [0.4, 0.5) is 11.4 Å². The van der Waals surface area contributed by atoms with Crippen molar-refractivity contribution >= 4 is 29.1 Å². The van der Waals surface area contributed by atoms with Gasteiger partial charge in [-0.3, -0.25) is 19.3 Å². The van der Waals surface area contributed by atoms with Crippen LogP contribution < -0.4 is 10.2 Å². The zero-order valence-electron chi connectivity index (χ0n) is 19.5. The van der Waals surface area contributed by atoms with E-state index in [2.05, 4.69) is 42.6 Å². The van der Waals surface area contributed by atoms with E-state index in [1.165, 1.54) is 5.56 Å². The minimum Gasteiger partial charge on any atom is -0.378 e. The van der Waals surface area contributed by atoms with E-state index in [1.54, 1.807) is 29.2 Å². The van der Waals surface area contributed by atoms with Crippen LogP contribution in [-0.2, 0) is 4.79 Å². The van der Waals surface area contributed by atoms with Crippen LogP contribution in [0.2, 0.25) is 0 Å². The number of carbonyl (C=O) groups excluding carboxylic acids is 3. The lowest BCUT2D eigenvalue weighted by atomic mass is 9.90. The summed E-state index contributed by atoms with van der Waals surface area (Å²) in [6.45, 7) is 5.82. The van der Waals surface area contributed by atoms with Gasteiger partial charge in [0.05, 0.1) is 17.2 Å². The summed E-state index contributed by atoms with van der Waals surface area (Å²) in [5.41, 5.74) is 5.89. The molecule has 0 fully saturated rings. The molecule has 0 radical (unpaired) electrons. The molecule has 0 saturated heterocycles. The molecule has 0 saturated carbocycles. The van der Waals surface area contributed by atoms with E-state index in [1.807, 2.05) is 26.0 Å². The first-order valence-electron chi connectivity index (χ1n) is 11.5. The first-order chi connectivity index (χ1) is 16.3. The van der Waals surface area contributed by atoms with Crippen LogP contribution in [0.15, 0.2) is 66.7 Å². The maximum absolute atomic E-state index is 13.5. The van der Waals surface area contributed by atoms with E-state index in [9.17, 15) is 14.4 Å². The average Bonchev–Trinajstić information content (AvgIpc) is 3.06. The van der Waals surface area contributed by atoms with Crippen LogP contribution in [0, 0.1) is 13.8 Å². The Hall–Kier alpha value is -3.93. The van der Waals surface area contributed by atoms with Gasteiger partial charge in [-0.25, -0.2) is 0 Å². The third-order valence-electron chi connectivity index (χ3n) is 6.67. The predicted molar refractivity (Wildman–Crippen MR) is 132 cm³/mol. The minimum atomic E-state index is -0.415. The van der Waals surface area contributed by atoms with Crippen LogP contribution in [0.1, 0.15) is 56.8 Å². The fourth-order valence-electron chi connectivity index (χ4n) is 4.95. The number of hydrogen-bond acceptors (Lipinski definition) is 4. The van der Waals surface area contributed by atoms with Crippen LogP contribution in [0.3, 0.4) is 0 Å². The molecule has 2 atom stereocenters. The molecule has 3 amide bonds. The number of fused-ring (bicyclic) bond motifs is 2. The molecule has 0 aromatic heterocycles. The summed E-state index contributed by atoms with van der Waals surface area (Å²) in [7, 11) is 0. The molecule has 2 aliphatic rings. The van der Waals surface area contributed by atoms with Gasteiger partial charge in [-0.2, -0.15) is 0 Å². The van der Waals surface area contributed by atoms with Crippen molar-refractivity contribution in [3.05, 3.63) is 94.5 Å². The van der Waals surface area contributed by atoms with Crippen molar-refractivity contribution in [2.24, 2.45) is 0 Å². The van der Waals surface area contributed by atoms with E-state index in [0.29, 0.717) is 17.5 Å². The fourth-order valence-corrected chi connectivity index (χ4v) is 4.95. The molecule has 2 aliphatic heterocycles. The number of anilines is 2. The number of aryl methyl sites for hydroxylation is 2. The Kier molecular flexibility index (Phi) is 5.44. The van der Waals surface area contributed by atoms with Crippen molar-refractivity contribution in [2.75, 3.05) is 16.8 Å². The second kappa shape index (κ2) is 8.45. The van der Waals surface area contributed by atoms with Gasteiger partial charge in [0.2, 0.25) is 5.91 Å². The Bertz CT molecular complexity index is 1260. The van der Waals surface area contributed by atoms with Crippen LogP contribution in [-0.4, -0.2) is 35.2 Å². The number of benzene rings is 3. The average molecular weight is 454 g/mol. The highest BCUT2D eigenvalue weighted by Gasteiger charge is 2.40. The highest BCUT2D eigenvalue weighted by atomic mass is 16.2. The lowest BCUT2D eigenvalue weighted by molar-refractivity contribution is -0.119. The van der Waals surface area contributed by atoms with Gasteiger partial charge in [-0.1, -0.05) is 47.5 Å². The lowest BCUT2D eigenvalue weighted by Gasteiger charge is -2.40. The second-order valence-electron chi connectivity index (χ2n) is 9.22. The normalized spacial score (nSPS) is 19.1. The first kappa shape index (κ1) is 21.9. The van der Waals surface area contributed by atoms with Crippen molar-refractivity contribution in [1.29, 1.82) is 0 Å². The molecule has 0 spiro atoms. The van der Waals surface area contributed by atoms with Crippen molar-refractivity contribution in [3.63, 3.8) is 0 Å². The predicted octanol–water partition coefficient (Wildman–Crippen LogP) is 4.88. The lowest BCUT2D eigenvalue weighted by Crippen LogP contribution is -2.49. The van der Waals surface area contributed by atoms with Gasteiger partial charge < -0.3 is 10.2 Å². The Labute approximate surface area is 199 Å². The maximum Gasteiger partial charge on any atom is 0.262 e. The Balaban J connectivity index is 1.43. The molecule has 3 aromatic carbocycles. The fraction of sp³-hybridized carbons (Fsp3) is 0.250. The van der Waals surface area contributed by atoms with E-state index >= 15 is 0 Å². The molecule has 172 valence electrons. The number of nitrogens with zero attached hydrogens (tertiary/aromatic N) is 2. The van der Waals surface area contributed by atoms with Crippen LogP contribution in [0.5, 0.6) is 0 Å². The summed E-state index contributed by atoms with van der Waals surface area (Å²) in [6.07, 6.45) is 0.707. The Morgan fingerprint density at radius 3 is 2.18 bits per heavy atom. The van der Waals surface area contributed by atoms with Gasteiger partial charge in [0.15, 0.2) is 0 Å². The zero-order chi connectivity index (χ0) is 24.0. The number of nitrogens with one attached hydrogen (secondary N) is 1. The largest absolute Gasteiger partial charge is 0.378 e. The molecule has 0 bridgehead atoms. The van der Waals surface area contributed by atoms with Crippen molar-refractivity contribution in [1.82, 2.24) is 4.90 Å². The summed E-state index contributed by atoms with van der Waals surface area (Å²) in [5, 5.41) is 3.62. The quantitative estimate of drug-likeness (QED) is 0.572. The van der Waals surface area contributed by atoms with Crippen molar-refractivity contribution in [3.8, 4) is 0 Å². The summed E-state index contributed by atoms with van der Waals surface area (Å²) < 4.78 is 0. The van der Waals surface area contributed by atoms with E-state index in [4.69, 9.17) is 0 Å². The second-order valence-corrected chi connectivity index (χ2v) is 9.22. The SMILES string of the molecule is Cc1ccc(N[C@@H]2C[C@@H](C)N(C(=O)CN3C(=O)c4ccccc4C3=O)c3ccc(C)cc32)cc1. The molecular formula is C28H27N3O3. The third-order valence-corrected chi connectivity index (χ3v) is 6.67. The number of rotatable bonds is 4. The van der Waals surface area contributed by atoms with Gasteiger partial charge in [0.1, 0.15) is 6.54 Å². The summed E-state index contributed by atoms with van der Waals surface area (Å²) >= 11 is 0. The minimum absolute atomic E-state index is 0.0379. The molecule has 0 aliphatic carbocycles. The monoisotopic (exact) mass is 453 g/mol. The summed E-state index contributed by atoms with van der Waals surface area (Å²) in [4.78, 5) is 41.9. The smallest absolute Gasteiger partial charge is 0.262 e. The molecule has 2 heterocycles. The van der Waals surface area contributed by atoms with Gasteiger partial charge in [-0.05, 0) is 63.1 Å². The Morgan fingerprint density at radius 2 is 1.53 bits per heavy atom. The van der Waals surface area contributed by atoms with E-state index < -0.39 is 11.8 Å². The van der Waals surface area contributed by atoms with Crippen molar-refractivity contribution in [2.45, 2.75) is 39.3 Å². The van der Waals surface area contributed by atoms with Gasteiger partial charge in [-0.15, -0.1) is 0 Å². The number of imide groups is 1. The van der Waals surface area contributed by atoms with Gasteiger partial charge in [0.25, 0.3) is 11.8 Å².